The molecule has 0 aromatic carbocycles. The van der Waals surface area contributed by atoms with Gasteiger partial charge in [0.2, 0.25) is 0 Å². The highest BCUT2D eigenvalue weighted by Crippen LogP contribution is 2.57. The van der Waals surface area contributed by atoms with Crippen LogP contribution in [0.2, 0.25) is 0 Å². The van der Waals surface area contributed by atoms with E-state index in [0.717, 1.165) is 102 Å². The molecule has 0 unspecified atom stereocenters. The van der Waals surface area contributed by atoms with Gasteiger partial charge >= 0.3 is 11.9 Å². The first-order valence-electron chi connectivity index (χ1n) is 21.4. The van der Waals surface area contributed by atoms with Crippen LogP contribution in [0, 0.1) is 57.8 Å². The van der Waals surface area contributed by atoms with Crippen molar-refractivity contribution in [3.05, 3.63) is 71.6 Å². The minimum atomic E-state index is -0.813. The predicted molar refractivity (Wildman–Crippen MR) is 216 cm³/mol. The Balaban J connectivity index is 0.000000158. The van der Waals surface area contributed by atoms with E-state index in [-0.39, 0.29) is 58.5 Å². The third-order valence-corrected chi connectivity index (χ3v) is 14.4. The van der Waals surface area contributed by atoms with Crippen LogP contribution in [-0.2, 0) is 22.4 Å². The summed E-state index contributed by atoms with van der Waals surface area (Å²) in [5.41, 5.74) is 1.61. The summed E-state index contributed by atoms with van der Waals surface area (Å²) in [4.78, 5) is 48.9. The summed E-state index contributed by atoms with van der Waals surface area (Å²) >= 11 is 0. The highest BCUT2D eigenvalue weighted by Gasteiger charge is 2.51. The van der Waals surface area contributed by atoms with E-state index in [1.807, 2.05) is 0 Å². The second kappa shape index (κ2) is 16.7. The number of H-pyrrole nitrogens is 2. The van der Waals surface area contributed by atoms with Crippen molar-refractivity contribution in [3.63, 3.8) is 0 Å². The molecule has 4 N–H and O–H groups in total. The molecule has 62 heavy (non-hydrogen) atoms. The molecule has 0 bridgehead atoms. The van der Waals surface area contributed by atoms with E-state index in [2.05, 4.69) is 50.3 Å². The van der Waals surface area contributed by atoms with Crippen molar-refractivity contribution in [2.45, 2.75) is 103 Å². The maximum atomic E-state index is 14.8. The summed E-state index contributed by atoms with van der Waals surface area (Å²) in [5.74, 6) is -4.75. The molecule has 14 nitrogen and oxygen atoms in total. The molecule has 6 heterocycles. The number of fused-ring (bicyclic) bond motifs is 2. The van der Waals surface area contributed by atoms with Gasteiger partial charge in [0.25, 0.3) is 0 Å². The number of halogens is 4. The van der Waals surface area contributed by atoms with Gasteiger partial charge in [0.05, 0.1) is 58.8 Å². The van der Waals surface area contributed by atoms with Gasteiger partial charge in [-0.05, 0) is 99.0 Å². The fraction of sp³-hybridized carbons (Fsp3) is 0.500. The molecule has 4 atom stereocenters. The van der Waals surface area contributed by atoms with E-state index < -0.39 is 47.0 Å². The fourth-order valence-electron chi connectivity index (χ4n) is 11.5. The van der Waals surface area contributed by atoms with Gasteiger partial charge in [-0.3, -0.25) is 19.8 Å². The molecule has 4 fully saturated rings. The number of pyridine rings is 2. The second-order valence-corrected chi connectivity index (χ2v) is 17.7. The molecule has 10 rings (SSSR count). The Morgan fingerprint density at radius 3 is 1.35 bits per heavy atom. The number of nitrogens with zero attached hydrogens (tertiary/aromatic N) is 8. The maximum absolute atomic E-state index is 14.8. The smallest absolute Gasteiger partial charge is 0.306 e. The van der Waals surface area contributed by atoms with Gasteiger partial charge in [-0.25, -0.2) is 47.5 Å². The lowest BCUT2D eigenvalue weighted by molar-refractivity contribution is -0.149. The Bertz CT molecular complexity index is 2460. The quantitative estimate of drug-likeness (QED) is 0.106. The lowest BCUT2D eigenvalue weighted by Gasteiger charge is -2.45. The minimum Gasteiger partial charge on any atom is -0.481 e. The predicted octanol–water partition coefficient (Wildman–Crippen LogP) is 8.59. The number of carboxylic acids is 2. The van der Waals surface area contributed by atoms with Crippen LogP contribution in [0.25, 0.3) is 45.1 Å². The van der Waals surface area contributed by atoms with Crippen molar-refractivity contribution >= 4 is 34.0 Å². The van der Waals surface area contributed by atoms with Crippen LogP contribution >= 0.6 is 0 Å². The molecule has 324 valence electrons. The molecule has 6 aromatic heterocycles. The molecule has 4 aliphatic rings. The monoisotopic (exact) mass is 854 g/mol. The number of hydrogen-bond donors (Lipinski definition) is 4. The Labute approximate surface area is 352 Å². The first-order valence-corrected chi connectivity index (χ1v) is 21.4. The fourth-order valence-corrected chi connectivity index (χ4v) is 11.5. The number of aromatic nitrogens is 10. The third kappa shape index (κ3) is 7.76. The van der Waals surface area contributed by atoms with Gasteiger partial charge in [0, 0.05) is 0 Å². The standard InChI is InChI=1S/2C22H23F2N5O2/c2*23-12-8-14-18(28-29-19(14)25-10-12)20-26-11-16(24)17(27-20)9-15-13(21(30)31)4-3-7-22(15)5-1-2-6-22/h2*8,10-11,13,15H,1-7,9H2,(H,30,31)(H,25,28,29)/t2*13-,15-/m10/s1. The zero-order valence-corrected chi connectivity index (χ0v) is 33.9. The molecule has 0 amide bonds. The zero-order valence-electron chi connectivity index (χ0n) is 33.9. The number of carbonyl (C=O) groups is 2. The van der Waals surface area contributed by atoms with Crippen LogP contribution in [-0.4, -0.2) is 72.5 Å². The van der Waals surface area contributed by atoms with Crippen LogP contribution in [0.3, 0.4) is 0 Å². The van der Waals surface area contributed by atoms with E-state index >= 15 is 0 Å². The van der Waals surface area contributed by atoms with Gasteiger partial charge in [0.1, 0.15) is 23.0 Å². The van der Waals surface area contributed by atoms with Crippen LogP contribution in [0.4, 0.5) is 17.6 Å². The molecule has 4 saturated carbocycles. The van der Waals surface area contributed by atoms with Crippen molar-refractivity contribution in [1.29, 1.82) is 0 Å². The van der Waals surface area contributed by atoms with E-state index in [1.54, 1.807) is 0 Å². The second-order valence-electron chi connectivity index (χ2n) is 17.7. The zero-order chi connectivity index (χ0) is 43.2. The van der Waals surface area contributed by atoms with E-state index in [9.17, 15) is 37.4 Å². The highest BCUT2D eigenvalue weighted by atomic mass is 19.1. The van der Waals surface area contributed by atoms with Gasteiger partial charge in [-0.2, -0.15) is 10.2 Å². The molecule has 18 heteroatoms. The number of nitrogens with one attached hydrogen (secondary N) is 2. The Morgan fingerprint density at radius 2 is 0.968 bits per heavy atom. The number of carboxylic acid groups (broad SMARTS) is 2. The minimum absolute atomic E-state index is 0.0629. The SMILES string of the molecule is O=C(O)[C@@H]1CCCC2(CCCC2)[C@@H]1Cc1nc(-c2[nH]nc3ncc(F)cc23)ncc1F.O=C(O)[C@H]1CCCC2(CCCC2)[C@H]1Cc1nc(-c2[nH]nc3ncc(F)cc23)ncc1F. The van der Waals surface area contributed by atoms with Crippen molar-refractivity contribution in [2.75, 3.05) is 0 Å². The van der Waals surface area contributed by atoms with Crippen molar-refractivity contribution < 1.29 is 37.4 Å². The molecular weight excluding hydrogens is 809 g/mol. The third-order valence-electron chi connectivity index (χ3n) is 14.4. The van der Waals surface area contributed by atoms with Gasteiger partial charge in [-0.1, -0.05) is 38.5 Å². The maximum Gasteiger partial charge on any atom is 0.306 e. The summed E-state index contributed by atoms with van der Waals surface area (Å²) in [6.07, 6.45) is 18.1. The Hall–Kier alpha value is -5.94. The average molecular weight is 855 g/mol. The lowest BCUT2D eigenvalue weighted by Crippen LogP contribution is -2.42. The summed E-state index contributed by atoms with van der Waals surface area (Å²) in [6, 6.07) is 2.56. The summed E-state index contributed by atoms with van der Waals surface area (Å²) < 4.78 is 56.9. The molecule has 6 aromatic rings. The van der Waals surface area contributed by atoms with E-state index in [0.29, 0.717) is 46.3 Å². The Kier molecular flexibility index (Phi) is 11.2. The Morgan fingerprint density at radius 1 is 0.581 bits per heavy atom. The molecular formula is C44H46F4N10O4. The van der Waals surface area contributed by atoms with Crippen molar-refractivity contribution in [2.24, 2.45) is 34.5 Å². The largest absolute Gasteiger partial charge is 0.481 e. The van der Waals surface area contributed by atoms with Gasteiger partial charge < -0.3 is 10.2 Å². The first kappa shape index (κ1) is 41.4. The number of rotatable bonds is 8. The lowest BCUT2D eigenvalue weighted by atomic mass is 9.59. The van der Waals surface area contributed by atoms with Crippen molar-refractivity contribution in [1.82, 2.24) is 50.3 Å². The number of hydrogen-bond acceptors (Lipinski definition) is 10. The number of aromatic amines is 2. The van der Waals surface area contributed by atoms with Crippen LogP contribution in [0.15, 0.2) is 36.9 Å². The molecule has 2 spiro atoms. The van der Waals surface area contributed by atoms with Crippen LogP contribution < -0.4 is 0 Å². The molecule has 0 aliphatic heterocycles. The molecule has 0 radical (unpaired) electrons. The average Bonchev–Trinajstić information content (AvgIpc) is 4.09. The topological polar surface area (TPSA) is 209 Å². The van der Waals surface area contributed by atoms with E-state index in [4.69, 9.17) is 0 Å². The summed E-state index contributed by atoms with van der Waals surface area (Å²) in [5, 5.41) is 34.2. The number of aliphatic carboxylic acids is 2. The van der Waals surface area contributed by atoms with Gasteiger partial charge in [-0.15, -0.1) is 0 Å². The summed E-state index contributed by atoms with van der Waals surface area (Å²) in [6.45, 7) is 0. The van der Waals surface area contributed by atoms with Crippen LogP contribution in [0.5, 0.6) is 0 Å². The van der Waals surface area contributed by atoms with Crippen molar-refractivity contribution in [3.8, 4) is 23.0 Å². The van der Waals surface area contributed by atoms with Gasteiger partial charge in [0.15, 0.2) is 34.6 Å². The molecule has 0 saturated heterocycles. The van der Waals surface area contributed by atoms with E-state index in [1.165, 1.54) is 12.1 Å². The molecule has 4 aliphatic carbocycles. The summed E-state index contributed by atoms with van der Waals surface area (Å²) in [7, 11) is 0. The van der Waals surface area contributed by atoms with Crippen LogP contribution in [0.1, 0.15) is 101 Å². The normalized spacial score (nSPS) is 22.9. The highest BCUT2D eigenvalue weighted by molar-refractivity contribution is 5.89. The first-order chi connectivity index (χ1) is 29.9.